The summed E-state index contributed by atoms with van der Waals surface area (Å²) in [6.45, 7) is 8.84. The van der Waals surface area contributed by atoms with E-state index in [-0.39, 0.29) is 11.5 Å². The number of rotatable bonds is 6. The van der Waals surface area contributed by atoms with Gasteiger partial charge in [0.1, 0.15) is 0 Å². The summed E-state index contributed by atoms with van der Waals surface area (Å²) in [7, 11) is 0. The van der Waals surface area contributed by atoms with Gasteiger partial charge < -0.3 is 5.11 Å². The van der Waals surface area contributed by atoms with E-state index in [9.17, 15) is 5.11 Å². The minimum atomic E-state index is -0.295. The molecule has 1 N–H and O–H groups in total. The molecule has 1 unspecified atom stereocenters. The van der Waals surface area contributed by atoms with Crippen molar-refractivity contribution in [3.63, 3.8) is 0 Å². The third kappa shape index (κ3) is 4.81. The van der Waals surface area contributed by atoms with Gasteiger partial charge in [-0.15, -0.1) is 0 Å². The topological polar surface area (TPSA) is 20.2 Å². The Morgan fingerprint density at radius 3 is 2.11 bits per heavy atom. The molecule has 0 saturated carbocycles. The van der Waals surface area contributed by atoms with E-state index in [2.05, 4.69) is 52.0 Å². The van der Waals surface area contributed by atoms with Crippen molar-refractivity contribution in [3.8, 4) is 0 Å². The zero-order chi connectivity index (χ0) is 13.6. The van der Waals surface area contributed by atoms with Gasteiger partial charge in [0.2, 0.25) is 0 Å². The molecule has 0 aliphatic carbocycles. The van der Waals surface area contributed by atoms with Crippen LogP contribution in [0.15, 0.2) is 24.3 Å². The SMILES string of the molecule is CCCCCCC(O)c1ccc(C(C)(C)C)cc1. The van der Waals surface area contributed by atoms with E-state index in [4.69, 9.17) is 0 Å². The molecule has 0 saturated heterocycles. The second-order valence-corrected chi connectivity index (χ2v) is 6.24. The Morgan fingerprint density at radius 2 is 1.61 bits per heavy atom. The molecule has 0 radical (unpaired) electrons. The number of unbranched alkanes of at least 4 members (excludes halogenated alkanes) is 3. The molecule has 0 heterocycles. The van der Waals surface area contributed by atoms with E-state index in [1.807, 2.05) is 0 Å². The first-order valence-corrected chi connectivity index (χ1v) is 7.23. The quantitative estimate of drug-likeness (QED) is 0.703. The van der Waals surface area contributed by atoms with E-state index in [1.54, 1.807) is 0 Å². The van der Waals surface area contributed by atoms with Crippen LogP contribution in [0.1, 0.15) is 77.0 Å². The average Bonchev–Trinajstić information content (AvgIpc) is 2.33. The van der Waals surface area contributed by atoms with Crippen LogP contribution in [-0.4, -0.2) is 5.11 Å². The van der Waals surface area contributed by atoms with Gasteiger partial charge in [0.05, 0.1) is 6.10 Å². The highest BCUT2D eigenvalue weighted by molar-refractivity contribution is 5.28. The summed E-state index contributed by atoms with van der Waals surface area (Å²) < 4.78 is 0. The molecule has 1 atom stereocenters. The van der Waals surface area contributed by atoms with Gasteiger partial charge in [-0.3, -0.25) is 0 Å². The normalized spacial score (nSPS) is 13.6. The zero-order valence-electron chi connectivity index (χ0n) is 12.4. The Labute approximate surface area is 112 Å². The van der Waals surface area contributed by atoms with E-state index in [1.165, 1.54) is 24.8 Å². The average molecular weight is 248 g/mol. The lowest BCUT2D eigenvalue weighted by atomic mass is 9.86. The molecule has 0 spiro atoms. The van der Waals surface area contributed by atoms with Crippen LogP contribution in [0.5, 0.6) is 0 Å². The summed E-state index contributed by atoms with van der Waals surface area (Å²) in [4.78, 5) is 0. The van der Waals surface area contributed by atoms with Gasteiger partial charge in [-0.2, -0.15) is 0 Å². The van der Waals surface area contributed by atoms with Gasteiger partial charge in [-0.25, -0.2) is 0 Å². The highest BCUT2D eigenvalue weighted by atomic mass is 16.3. The fourth-order valence-electron chi connectivity index (χ4n) is 2.14. The molecule has 0 aromatic heterocycles. The molecule has 0 fully saturated rings. The molecule has 1 aromatic rings. The van der Waals surface area contributed by atoms with Crippen LogP contribution in [0.25, 0.3) is 0 Å². The second-order valence-electron chi connectivity index (χ2n) is 6.24. The number of hydrogen-bond donors (Lipinski definition) is 1. The molecular weight excluding hydrogens is 220 g/mol. The van der Waals surface area contributed by atoms with Gasteiger partial charge in [-0.05, 0) is 23.0 Å². The lowest BCUT2D eigenvalue weighted by Gasteiger charge is -2.20. The lowest BCUT2D eigenvalue weighted by molar-refractivity contribution is 0.163. The minimum Gasteiger partial charge on any atom is -0.388 e. The number of aliphatic hydroxyl groups excluding tert-OH is 1. The maximum atomic E-state index is 10.1. The van der Waals surface area contributed by atoms with Gasteiger partial charge in [0, 0.05) is 0 Å². The summed E-state index contributed by atoms with van der Waals surface area (Å²) >= 11 is 0. The third-order valence-electron chi connectivity index (χ3n) is 3.49. The van der Waals surface area contributed by atoms with Gasteiger partial charge in [0.15, 0.2) is 0 Å². The second kappa shape index (κ2) is 6.94. The van der Waals surface area contributed by atoms with Crippen LogP contribution in [0.4, 0.5) is 0 Å². The molecule has 0 aliphatic rings. The van der Waals surface area contributed by atoms with Crippen molar-refractivity contribution in [1.82, 2.24) is 0 Å². The van der Waals surface area contributed by atoms with E-state index in [0.29, 0.717) is 0 Å². The molecule has 102 valence electrons. The molecule has 18 heavy (non-hydrogen) atoms. The Morgan fingerprint density at radius 1 is 1.00 bits per heavy atom. The van der Waals surface area contributed by atoms with E-state index >= 15 is 0 Å². The monoisotopic (exact) mass is 248 g/mol. The Balaban J connectivity index is 2.51. The molecule has 1 rings (SSSR count). The highest BCUT2D eigenvalue weighted by Gasteiger charge is 2.14. The van der Waals surface area contributed by atoms with Crippen molar-refractivity contribution >= 4 is 0 Å². The Kier molecular flexibility index (Phi) is 5.87. The molecule has 0 amide bonds. The molecule has 1 aromatic carbocycles. The predicted molar refractivity (Wildman–Crippen MR) is 78.9 cm³/mol. The van der Waals surface area contributed by atoms with Crippen LogP contribution < -0.4 is 0 Å². The molecular formula is C17H28O. The van der Waals surface area contributed by atoms with Crippen LogP contribution in [-0.2, 0) is 5.41 Å². The Hall–Kier alpha value is -0.820. The fraction of sp³-hybridized carbons (Fsp3) is 0.647. The van der Waals surface area contributed by atoms with Crippen molar-refractivity contribution in [1.29, 1.82) is 0 Å². The summed E-state index contributed by atoms with van der Waals surface area (Å²) in [5.74, 6) is 0. The van der Waals surface area contributed by atoms with Crippen LogP contribution in [0.2, 0.25) is 0 Å². The van der Waals surface area contributed by atoms with Crippen LogP contribution in [0.3, 0.4) is 0 Å². The first kappa shape index (κ1) is 15.2. The van der Waals surface area contributed by atoms with Gasteiger partial charge in [-0.1, -0.05) is 77.6 Å². The third-order valence-corrected chi connectivity index (χ3v) is 3.49. The lowest BCUT2D eigenvalue weighted by Crippen LogP contribution is -2.11. The van der Waals surface area contributed by atoms with Gasteiger partial charge >= 0.3 is 0 Å². The van der Waals surface area contributed by atoms with Crippen molar-refractivity contribution in [2.45, 2.75) is 71.3 Å². The van der Waals surface area contributed by atoms with Gasteiger partial charge in [0.25, 0.3) is 0 Å². The minimum absolute atomic E-state index is 0.185. The van der Waals surface area contributed by atoms with Crippen molar-refractivity contribution in [3.05, 3.63) is 35.4 Å². The predicted octanol–water partition coefficient (Wildman–Crippen LogP) is 4.99. The van der Waals surface area contributed by atoms with Crippen LogP contribution >= 0.6 is 0 Å². The molecule has 0 aliphatic heterocycles. The largest absolute Gasteiger partial charge is 0.388 e. The fourth-order valence-corrected chi connectivity index (χ4v) is 2.14. The molecule has 1 heteroatoms. The van der Waals surface area contributed by atoms with E-state index < -0.39 is 0 Å². The first-order valence-electron chi connectivity index (χ1n) is 7.23. The molecule has 0 bridgehead atoms. The van der Waals surface area contributed by atoms with Crippen LogP contribution in [0, 0.1) is 0 Å². The maximum absolute atomic E-state index is 10.1. The number of aliphatic hydroxyl groups is 1. The maximum Gasteiger partial charge on any atom is 0.0790 e. The summed E-state index contributed by atoms with van der Waals surface area (Å²) in [6, 6.07) is 8.44. The number of benzene rings is 1. The zero-order valence-corrected chi connectivity index (χ0v) is 12.4. The summed E-state index contributed by atoms with van der Waals surface area (Å²) in [5, 5.41) is 10.1. The molecule has 1 nitrogen and oxygen atoms in total. The summed E-state index contributed by atoms with van der Waals surface area (Å²) in [6.07, 6.45) is 5.46. The number of hydrogen-bond acceptors (Lipinski definition) is 1. The smallest absolute Gasteiger partial charge is 0.0790 e. The first-order chi connectivity index (χ1) is 8.45. The highest BCUT2D eigenvalue weighted by Crippen LogP contribution is 2.25. The van der Waals surface area contributed by atoms with E-state index in [0.717, 1.165) is 18.4 Å². The van der Waals surface area contributed by atoms with Crippen molar-refractivity contribution in [2.75, 3.05) is 0 Å². The van der Waals surface area contributed by atoms with Crippen molar-refractivity contribution < 1.29 is 5.11 Å². The summed E-state index contributed by atoms with van der Waals surface area (Å²) in [5.41, 5.74) is 2.56. The Bertz CT molecular complexity index is 332. The standard InChI is InChI=1S/C17H28O/c1-5-6-7-8-9-16(18)14-10-12-15(13-11-14)17(2,3)4/h10-13,16,18H,5-9H2,1-4H3. The van der Waals surface area contributed by atoms with Crippen molar-refractivity contribution in [2.24, 2.45) is 0 Å².